The average Bonchev–Trinajstić information content (AvgIpc) is 2.47. The van der Waals surface area contributed by atoms with Crippen LogP contribution in [-0.4, -0.2) is 61.3 Å². The molecule has 1 aromatic rings. The Morgan fingerprint density at radius 1 is 1.33 bits per heavy atom. The topological polar surface area (TPSA) is 104 Å². The van der Waals surface area contributed by atoms with Crippen LogP contribution < -0.4 is 0 Å². The van der Waals surface area contributed by atoms with E-state index < -0.39 is 22.1 Å². The van der Waals surface area contributed by atoms with Crippen LogP contribution in [0, 0.1) is 0 Å². The van der Waals surface area contributed by atoms with Crippen molar-refractivity contribution in [1.29, 1.82) is 0 Å². The summed E-state index contributed by atoms with van der Waals surface area (Å²) < 4.78 is 31.1. The molecule has 0 amide bonds. The Morgan fingerprint density at radius 2 is 2.00 bits per heavy atom. The third-order valence-electron chi connectivity index (χ3n) is 3.25. The van der Waals surface area contributed by atoms with Gasteiger partial charge in [0.25, 0.3) is 0 Å². The zero-order chi connectivity index (χ0) is 15.5. The molecule has 0 bridgehead atoms. The zero-order valence-corrected chi connectivity index (χ0v) is 12.1. The number of benzene rings is 1. The Kier molecular flexibility index (Phi) is 4.94. The first-order valence-electron chi connectivity index (χ1n) is 6.45. The molecule has 8 heteroatoms. The lowest BCUT2D eigenvalue weighted by molar-refractivity contribution is -0.0305. The van der Waals surface area contributed by atoms with E-state index in [1.807, 2.05) is 0 Å². The summed E-state index contributed by atoms with van der Waals surface area (Å²) in [6.07, 6.45) is -0.497. The summed E-state index contributed by atoms with van der Waals surface area (Å²) in [7, 11) is -3.52. The lowest BCUT2D eigenvalue weighted by atomic mass is 10.1. The van der Waals surface area contributed by atoms with Gasteiger partial charge in [-0.25, -0.2) is 13.2 Å². The van der Waals surface area contributed by atoms with Gasteiger partial charge in [0.1, 0.15) is 0 Å². The number of nitrogens with zero attached hydrogens (tertiary/aromatic N) is 1. The highest BCUT2D eigenvalue weighted by Gasteiger charge is 2.29. The van der Waals surface area contributed by atoms with Gasteiger partial charge in [0.05, 0.1) is 30.6 Å². The maximum atomic E-state index is 12.3. The van der Waals surface area contributed by atoms with Crippen LogP contribution in [-0.2, 0) is 20.5 Å². The normalized spacial score (nSPS) is 20.3. The minimum Gasteiger partial charge on any atom is -0.478 e. The monoisotopic (exact) mass is 315 g/mol. The number of aliphatic hydroxyl groups is 1. The third-order valence-corrected chi connectivity index (χ3v) is 5.07. The van der Waals surface area contributed by atoms with Crippen molar-refractivity contribution in [3.05, 3.63) is 35.4 Å². The van der Waals surface area contributed by atoms with Gasteiger partial charge in [-0.3, -0.25) is 0 Å². The standard InChI is InChI=1S/C13H17NO6S/c15-8-12-7-14(5-6-20-12)21(18,19)9-10-1-3-11(4-2-10)13(16)17/h1-4,12,15H,5-9H2,(H,16,17). The predicted octanol–water partition coefficient (Wildman–Crippen LogP) is -0.0923. The minimum atomic E-state index is -3.52. The van der Waals surface area contributed by atoms with E-state index in [0.29, 0.717) is 5.56 Å². The van der Waals surface area contributed by atoms with Gasteiger partial charge in [-0.1, -0.05) is 12.1 Å². The van der Waals surface area contributed by atoms with E-state index in [-0.39, 0.29) is 37.6 Å². The number of carbonyl (C=O) groups is 1. The summed E-state index contributed by atoms with van der Waals surface area (Å²) >= 11 is 0. The van der Waals surface area contributed by atoms with Gasteiger partial charge in [-0.2, -0.15) is 4.31 Å². The van der Waals surface area contributed by atoms with Crippen molar-refractivity contribution in [3.8, 4) is 0 Å². The number of rotatable bonds is 5. The molecule has 21 heavy (non-hydrogen) atoms. The number of hydrogen-bond donors (Lipinski definition) is 2. The summed E-state index contributed by atoms with van der Waals surface area (Å²) in [5, 5.41) is 17.8. The molecule has 7 nitrogen and oxygen atoms in total. The Labute approximate surface area is 122 Å². The second-order valence-corrected chi connectivity index (χ2v) is 6.76. The average molecular weight is 315 g/mol. The molecule has 2 N–H and O–H groups in total. The molecule has 1 heterocycles. The van der Waals surface area contributed by atoms with Crippen molar-refractivity contribution < 1.29 is 28.2 Å². The highest BCUT2D eigenvalue weighted by Crippen LogP contribution is 2.15. The van der Waals surface area contributed by atoms with Crippen molar-refractivity contribution in [1.82, 2.24) is 4.31 Å². The van der Waals surface area contributed by atoms with Gasteiger partial charge in [-0.05, 0) is 17.7 Å². The summed E-state index contributed by atoms with van der Waals surface area (Å²) in [6.45, 7) is 0.416. The highest BCUT2D eigenvalue weighted by molar-refractivity contribution is 7.88. The summed E-state index contributed by atoms with van der Waals surface area (Å²) in [6, 6.07) is 5.74. The van der Waals surface area contributed by atoms with Gasteiger partial charge in [0.15, 0.2) is 0 Å². The van der Waals surface area contributed by atoms with E-state index in [1.54, 1.807) is 0 Å². The molecule has 116 valence electrons. The van der Waals surface area contributed by atoms with Crippen LogP contribution in [0.5, 0.6) is 0 Å². The van der Waals surface area contributed by atoms with E-state index in [9.17, 15) is 13.2 Å². The van der Waals surface area contributed by atoms with E-state index in [2.05, 4.69) is 0 Å². The molecule has 0 radical (unpaired) electrons. The molecule has 0 aromatic heterocycles. The maximum absolute atomic E-state index is 12.3. The third kappa shape index (κ3) is 4.01. The fourth-order valence-electron chi connectivity index (χ4n) is 2.10. The van der Waals surface area contributed by atoms with Crippen molar-refractivity contribution in [2.75, 3.05) is 26.3 Å². The zero-order valence-electron chi connectivity index (χ0n) is 11.3. The molecule has 1 saturated heterocycles. The Bertz CT molecular complexity index is 598. The Morgan fingerprint density at radius 3 is 2.57 bits per heavy atom. The number of sulfonamides is 1. The molecule has 0 spiro atoms. The lowest BCUT2D eigenvalue weighted by Gasteiger charge is -2.31. The van der Waals surface area contributed by atoms with Gasteiger partial charge in [0.2, 0.25) is 10.0 Å². The fourth-order valence-corrected chi connectivity index (χ4v) is 3.64. The van der Waals surface area contributed by atoms with Crippen molar-refractivity contribution in [2.45, 2.75) is 11.9 Å². The molecule has 1 aliphatic heterocycles. The first-order valence-corrected chi connectivity index (χ1v) is 8.06. The second kappa shape index (κ2) is 6.52. The second-order valence-electron chi connectivity index (χ2n) is 4.79. The van der Waals surface area contributed by atoms with Crippen LogP contribution in [0.25, 0.3) is 0 Å². The molecular weight excluding hydrogens is 298 g/mol. The number of carboxylic acid groups (broad SMARTS) is 1. The quantitative estimate of drug-likeness (QED) is 0.787. The Hall–Kier alpha value is -1.48. The summed E-state index contributed by atoms with van der Waals surface area (Å²) in [5.74, 6) is -1.26. The molecule has 1 fully saturated rings. The van der Waals surface area contributed by atoms with Crippen LogP contribution in [0.4, 0.5) is 0 Å². The van der Waals surface area contributed by atoms with Crippen LogP contribution in [0.15, 0.2) is 24.3 Å². The summed E-state index contributed by atoms with van der Waals surface area (Å²) in [4.78, 5) is 10.7. The van der Waals surface area contributed by atoms with Gasteiger partial charge >= 0.3 is 5.97 Å². The molecular formula is C13H17NO6S. The van der Waals surface area contributed by atoms with Gasteiger partial charge < -0.3 is 14.9 Å². The van der Waals surface area contributed by atoms with Crippen molar-refractivity contribution >= 4 is 16.0 Å². The van der Waals surface area contributed by atoms with Crippen molar-refractivity contribution in [2.24, 2.45) is 0 Å². The fraction of sp³-hybridized carbons (Fsp3) is 0.462. The van der Waals surface area contributed by atoms with Crippen LogP contribution >= 0.6 is 0 Å². The number of hydrogen-bond acceptors (Lipinski definition) is 5. The molecule has 0 aliphatic carbocycles. The van der Waals surface area contributed by atoms with E-state index in [4.69, 9.17) is 14.9 Å². The largest absolute Gasteiger partial charge is 0.478 e. The lowest BCUT2D eigenvalue weighted by Crippen LogP contribution is -2.47. The van der Waals surface area contributed by atoms with Gasteiger partial charge in [0, 0.05) is 13.1 Å². The van der Waals surface area contributed by atoms with Gasteiger partial charge in [-0.15, -0.1) is 0 Å². The number of carboxylic acids is 1. The molecule has 1 aromatic carbocycles. The van der Waals surface area contributed by atoms with E-state index >= 15 is 0 Å². The van der Waals surface area contributed by atoms with Crippen LogP contribution in [0.3, 0.4) is 0 Å². The SMILES string of the molecule is O=C(O)c1ccc(CS(=O)(=O)N2CCOC(CO)C2)cc1. The van der Waals surface area contributed by atoms with Crippen LogP contribution in [0.2, 0.25) is 0 Å². The van der Waals surface area contributed by atoms with Crippen molar-refractivity contribution in [3.63, 3.8) is 0 Å². The number of morpholine rings is 1. The minimum absolute atomic E-state index is 0.114. The predicted molar refractivity (Wildman–Crippen MR) is 74.4 cm³/mol. The molecule has 2 rings (SSSR count). The smallest absolute Gasteiger partial charge is 0.335 e. The first kappa shape index (κ1) is 15.9. The Balaban J connectivity index is 2.08. The first-order chi connectivity index (χ1) is 9.92. The summed E-state index contributed by atoms with van der Waals surface area (Å²) in [5.41, 5.74) is 0.634. The highest BCUT2D eigenvalue weighted by atomic mass is 32.2. The van der Waals surface area contributed by atoms with E-state index in [0.717, 1.165) is 0 Å². The maximum Gasteiger partial charge on any atom is 0.335 e. The number of ether oxygens (including phenoxy) is 1. The number of aliphatic hydroxyl groups excluding tert-OH is 1. The molecule has 1 unspecified atom stereocenters. The van der Waals surface area contributed by atoms with E-state index in [1.165, 1.54) is 28.6 Å². The number of aromatic carboxylic acids is 1. The molecule has 0 saturated carbocycles. The molecule has 1 atom stereocenters. The van der Waals surface area contributed by atoms with Crippen LogP contribution in [0.1, 0.15) is 15.9 Å². The molecule has 1 aliphatic rings.